The van der Waals surface area contributed by atoms with Gasteiger partial charge >= 0.3 is 0 Å². The molecule has 0 aliphatic rings. The van der Waals surface area contributed by atoms with Crippen LogP contribution in [0.15, 0.2) is 30.5 Å². The van der Waals surface area contributed by atoms with Crippen LogP contribution in [0.25, 0.3) is 16.7 Å². The minimum absolute atomic E-state index is 0.598. The Hall–Kier alpha value is -2.30. The molecule has 0 bridgehead atoms. The van der Waals surface area contributed by atoms with Gasteiger partial charge < -0.3 is 10.1 Å². The van der Waals surface area contributed by atoms with Crippen molar-refractivity contribution in [1.82, 2.24) is 14.4 Å². The Kier molecular flexibility index (Phi) is 3.41. The molecule has 0 aliphatic carbocycles. The second-order valence-electron chi connectivity index (χ2n) is 4.70. The molecule has 0 amide bonds. The summed E-state index contributed by atoms with van der Waals surface area (Å²) in [5.41, 5.74) is 2.70. The Morgan fingerprint density at radius 3 is 2.95 bits per heavy atom. The zero-order chi connectivity index (χ0) is 13.9. The molecule has 3 aromatic rings. The molecule has 0 unspecified atom stereocenters. The van der Waals surface area contributed by atoms with Gasteiger partial charge in [0, 0.05) is 18.8 Å². The number of rotatable bonds is 5. The number of fused-ring (bicyclic) bond motifs is 3. The molecule has 3 heterocycles. The van der Waals surface area contributed by atoms with E-state index in [1.165, 1.54) is 0 Å². The van der Waals surface area contributed by atoms with Gasteiger partial charge in [-0.25, -0.2) is 4.98 Å². The molecular weight excluding hydrogens is 252 g/mol. The van der Waals surface area contributed by atoms with Crippen LogP contribution in [0.5, 0.6) is 5.88 Å². The van der Waals surface area contributed by atoms with Crippen LogP contribution < -0.4 is 10.1 Å². The maximum absolute atomic E-state index is 5.19. The third kappa shape index (κ3) is 2.15. The number of anilines is 1. The van der Waals surface area contributed by atoms with E-state index in [0.717, 1.165) is 41.9 Å². The quantitative estimate of drug-likeness (QED) is 0.724. The molecule has 5 heteroatoms. The maximum atomic E-state index is 5.19. The number of ether oxygens (including phenoxy) is 1. The van der Waals surface area contributed by atoms with Gasteiger partial charge in [-0.15, -0.1) is 0 Å². The monoisotopic (exact) mass is 270 g/mol. The standard InChI is InChI=1S/C15H18N4O/c1-3-4-9-16-14-12-6-5-10-19(12)15-11(17-14)7-8-13(18-15)20-2/h5-8,10H,3-4,9H2,1-2H3,(H,16,17). The molecule has 0 aromatic carbocycles. The molecule has 0 saturated heterocycles. The zero-order valence-corrected chi connectivity index (χ0v) is 11.8. The molecule has 0 spiro atoms. The van der Waals surface area contributed by atoms with Crippen molar-refractivity contribution >= 4 is 22.5 Å². The first-order chi connectivity index (χ1) is 9.83. The molecule has 3 rings (SSSR count). The number of pyridine rings is 1. The number of nitrogens with zero attached hydrogens (tertiary/aromatic N) is 3. The number of nitrogens with one attached hydrogen (secondary N) is 1. The summed E-state index contributed by atoms with van der Waals surface area (Å²) in [6.07, 6.45) is 4.29. The number of unbranched alkanes of at least 4 members (excludes halogenated alkanes) is 1. The Balaban J connectivity index is 2.13. The highest BCUT2D eigenvalue weighted by molar-refractivity contribution is 5.82. The van der Waals surface area contributed by atoms with Crippen molar-refractivity contribution < 1.29 is 4.74 Å². The zero-order valence-electron chi connectivity index (χ0n) is 11.8. The third-order valence-electron chi connectivity index (χ3n) is 3.31. The summed E-state index contributed by atoms with van der Waals surface area (Å²) in [7, 11) is 1.62. The Morgan fingerprint density at radius 2 is 2.15 bits per heavy atom. The van der Waals surface area contributed by atoms with Crippen molar-refractivity contribution in [2.24, 2.45) is 0 Å². The lowest BCUT2D eigenvalue weighted by molar-refractivity contribution is 0.399. The molecule has 0 saturated carbocycles. The molecule has 5 nitrogen and oxygen atoms in total. The van der Waals surface area contributed by atoms with E-state index in [0.29, 0.717) is 5.88 Å². The van der Waals surface area contributed by atoms with Gasteiger partial charge in [0.25, 0.3) is 0 Å². The molecule has 104 valence electrons. The minimum Gasteiger partial charge on any atom is -0.481 e. The lowest BCUT2D eigenvalue weighted by Crippen LogP contribution is -2.06. The topological polar surface area (TPSA) is 51.5 Å². The van der Waals surface area contributed by atoms with E-state index >= 15 is 0 Å². The fourth-order valence-electron chi connectivity index (χ4n) is 2.25. The van der Waals surface area contributed by atoms with E-state index in [1.54, 1.807) is 7.11 Å². The van der Waals surface area contributed by atoms with Crippen molar-refractivity contribution in [1.29, 1.82) is 0 Å². The summed E-state index contributed by atoms with van der Waals surface area (Å²) in [6, 6.07) is 7.82. The molecule has 0 atom stereocenters. The van der Waals surface area contributed by atoms with Crippen molar-refractivity contribution in [3.8, 4) is 5.88 Å². The van der Waals surface area contributed by atoms with Crippen LogP contribution in [0, 0.1) is 0 Å². The summed E-state index contributed by atoms with van der Waals surface area (Å²) in [4.78, 5) is 9.15. The summed E-state index contributed by atoms with van der Waals surface area (Å²) in [5.74, 6) is 1.50. The normalized spacial score (nSPS) is 11.1. The van der Waals surface area contributed by atoms with E-state index in [1.807, 2.05) is 34.9 Å². The highest BCUT2D eigenvalue weighted by atomic mass is 16.5. The van der Waals surface area contributed by atoms with Gasteiger partial charge in [-0.1, -0.05) is 13.3 Å². The summed E-state index contributed by atoms with van der Waals surface area (Å²) >= 11 is 0. The van der Waals surface area contributed by atoms with Gasteiger partial charge in [0.1, 0.15) is 5.52 Å². The first kappa shape index (κ1) is 12.7. The molecular formula is C15H18N4O. The van der Waals surface area contributed by atoms with Crippen LogP contribution in [-0.2, 0) is 0 Å². The molecule has 1 N–H and O–H groups in total. The molecule has 20 heavy (non-hydrogen) atoms. The van der Waals surface area contributed by atoms with Crippen LogP contribution in [-0.4, -0.2) is 28.0 Å². The highest BCUT2D eigenvalue weighted by Crippen LogP contribution is 2.23. The van der Waals surface area contributed by atoms with Gasteiger partial charge in [0.2, 0.25) is 5.88 Å². The third-order valence-corrected chi connectivity index (χ3v) is 3.31. The summed E-state index contributed by atoms with van der Waals surface area (Å²) in [5, 5.41) is 3.40. The van der Waals surface area contributed by atoms with Crippen LogP contribution in [0.3, 0.4) is 0 Å². The molecule has 0 fully saturated rings. The highest BCUT2D eigenvalue weighted by Gasteiger charge is 2.09. The maximum Gasteiger partial charge on any atom is 0.215 e. The number of methoxy groups -OCH3 is 1. The summed E-state index contributed by atoms with van der Waals surface area (Å²) in [6.45, 7) is 3.11. The number of hydrogen-bond acceptors (Lipinski definition) is 4. The lowest BCUT2D eigenvalue weighted by Gasteiger charge is -2.10. The van der Waals surface area contributed by atoms with Gasteiger partial charge in [0.15, 0.2) is 11.5 Å². The van der Waals surface area contributed by atoms with Crippen molar-refractivity contribution in [3.05, 3.63) is 30.5 Å². The van der Waals surface area contributed by atoms with E-state index in [2.05, 4.69) is 22.2 Å². The average Bonchev–Trinajstić information content (AvgIpc) is 2.97. The Labute approximate surface area is 117 Å². The average molecular weight is 270 g/mol. The van der Waals surface area contributed by atoms with Gasteiger partial charge in [-0.05, 0) is 24.6 Å². The van der Waals surface area contributed by atoms with Crippen molar-refractivity contribution in [2.75, 3.05) is 19.0 Å². The van der Waals surface area contributed by atoms with E-state index in [-0.39, 0.29) is 0 Å². The SMILES string of the molecule is CCCCNc1nc2ccc(OC)nc2n2cccc12. The van der Waals surface area contributed by atoms with Crippen LogP contribution in [0.4, 0.5) is 5.82 Å². The van der Waals surface area contributed by atoms with E-state index in [9.17, 15) is 0 Å². The Bertz CT molecular complexity index is 735. The van der Waals surface area contributed by atoms with E-state index < -0.39 is 0 Å². The van der Waals surface area contributed by atoms with Crippen molar-refractivity contribution in [2.45, 2.75) is 19.8 Å². The largest absolute Gasteiger partial charge is 0.481 e. The first-order valence-corrected chi connectivity index (χ1v) is 6.89. The molecule has 0 radical (unpaired) electrons. The van der Waals surface area contributed by atoms with Crippen LogP contribution in [0.1, 0.15) is 19.8 Å². The summed E-state index contributed by atoms with van der Waals surface area (Å²) < 4.78 is 7.23. The lowest BCUT2D eigenvalue weighted by atomic mass is 10.3. The number of aromatic nitrogens is 3. The van der Waals surface area contributed by atoms with Crippen LogP contribution >= 0.6 is 0 Å². The van der Waals surface area contributed by atoms with Gasteiger partial charge in [0.05, 0.1) is 12.6 Å². The fraction of sp³-hybridized carbons (Fsp3) is 0.333. The second kappa shape index (κ2) is 5.36. The van der Waals surface area contributed by atoms with E-state index in [4.69, 9.17) is 4.74 Å². The molecule has 3 aromatic heterocycles. The Morgan fingerprint density at radius 1 is 1.25 bits per heavy atom. The van der Waals surface area contributed by atoms with Crippen molar-refractivity contribution in [3.63, 3.8) is 0 Å². The second-order valence-corrected chi connectivity index (χ2v) is 4.70. The first-order valence-electron chi connectivity index (χ1n) is 6.89. The number of hydrogen-bond donors (Lipinski definition) is 1. The van der Waals surface area contributed by atoms with Crippen LogP contribution in [0.2, 0.25) is 0 Å². The minimum atomic E-state index is 0.598. The molecule has 0 aliphatic heterocycles. The predicted octanol–water partition coefficient (Wildman–Crippen LogP) is 3.10. The smallest absolute Gasteiger partial charge is 0.215 e. The predicted molar refractivity (Wildman–Crippen MR) is 80.4 cm³/mol. The van der Waals surface area contributed by atoms with Gasteiger partial charge in [-0.2, -0.15) is 4.98 Å². The fourth-order valence-corrected chi connectivity index (χ4v) is 2.25. The van der Waals surface area contributed by atoms with Gasteiger partial charge in [-0.3, -0.25) is 4.40 Å².